The van der Waals surface area contributed by atoms with Crippen molar-refractivity contribution in [2.24, 2.45) is 5.92 Å². The molecule has 2 aliphatic rings. The van der Waals surface area contributed by atoms with E-state index in [0.717, 1.165) is 37.4 Å². The molecule has 1 atom stereocenters. The van der Waals surface area contributed by atoms with Gasteiger partial charge in [-0.15, -0.1) is 0 Å². The monoisotopic (exact) mass is 302 g/mol. The predicted octanol–water partition coefficient (Wildman–Crippen LogP) is 2.27. The Morgan fingerprint density at radius 2 is 2.06 bits per heavy atom. The first-order valence-corrected chi connectivity index (χ1v) is 7.45. The molecule has 17 heavy (non-hydrogen) atoms. The summed E-state index contributed by atoms with van der Waals surface area (Å²) in [6.45, 7) is 2.61. The molecule has 3 amide bonds. The molecule has 1 aliphatic carbocycles. The van der Waals surface area contributed by atoms with E-state index in [1.807, 2.05) is 0 Å². The zero-order valence-electron chi connectivity index (χ0n) is 10.2. The van der Waals surface area contributed by atoms with Crippen molar-refractivity contribution in [3.63, 3.8) is 0 Å². The second-order valence-electron chi connectivity index (χ2n) is 5.06. The number of carbonyl (C=O) groups is 2. The number of carbonyl (C=O) groups excluding carboxylic acids is 2. The predicted molar refractivity (Wildman–Crippen MR) is 69.0 cm³/mol. The number of imide groups is 1. The minimum atomic E-state index is -0.554. The summed E-state index contributed by atoms with van der Waals surface area (Å²) in [6, 6.07) is -0.198. The van der Waals surface area contributed by atoms with Gasteiger partial charge in [-0.25, -0.2) is 4.79 Å². The van der Waals surface area contributed by atoms with Crippen molar-refractivity contribution in [3.05, 3.63) is 0 Å². The van der Waals surface area contributed by atoms with Crippen molar-refractivity contribution < 1.29 is 9.59 Å². The zero-order valence-corrected chi connectivity index (χ0v) is 11.8. The van der Waals surface area contributed by atoms with Crippen LogP contribution in [0.1, 0.15) is 39.0 Å². The average Bonchev–Trinajstić information content (AvgIpc) is 2.87. The van der Waals surface area contributed by atoms with Gasteiger partial charge in [0.05, 0.1) is 0 Å². The van der Waals surface area contributed by atoms with Gasteiger partial charge >= 0.3 is 6.03 Å². The molecular formula is C12H19BrN2O2. The lowest BCUT2D eigenvalue weighted by atomic mass is 9.97. The Morgan fingerprint density at radius 1 is 1.41 bits per heavy atom. The van der Waals surface area contributed by atoms with Crippen molar-refractivity contribution in [2.45, 2.75) is 44.6 Å². The Hall–Kier alpha value is -0.580. The van der Waals surface area contributed by atoms with Gasteiger partial charge in [-0.2, -0.15) is 0 Å². The highest BCUT2D eigenvalue weighted by Crippen LogP contribution is 2.35. The molecule has 1 spiro atoms. The Labute approximate surface area is 110 Å². The smallest absolute Gasteiger partial charge is 0.323 e. The third-order valence-electron chi connectivity index (χ3n) is 3.94. The fraction of sp³-hybridized carbons (Fsp3) is 0.833. The van der Waals surface area contributed by atoms with Crippen molar-refractivity contribution in [1.82, 2.24) is 10.2 Å². The number of nitrogens with one attached hydrogen (secondary N) is 1. The normalized spacial score (nSPS) is 24.5. The SMILES string of the molecule is CCC(CBr)CN1C(=O)NC2(CCCC2)C1=O. The highest BCUT2D eigenvalue weighted by atomic mass is 79.9. The van der Waals surface area contributed by atoms with Crippen LogP contribution < -0.4 is 5.32 Å². The third kappa shape index (κ3) is 2.21. The van der Waals surface area contributed by atoms with Crippen LogP contribution in [0.2, 0.25) is 0 Å². The van der Waals surface area contributed by atoms with E-state index in [2.05, 4.69) is 28.2 Å². The molecular weight excluding hydrogens is 284 g/mol. The lowest BCUT2D eigenvalue weighted by Crippen LogP contribution is -2.44. The molecule has 1 unspecified atom stereocenters. The molecule has 0 radical (unpaired) electrons. The average molecular weight is 303 g/mol. The maximum atomic E-state index is 12.3. The Morgan fingerprint density at radius 3 is 2.59 bits per heavy atom. The zero-order chi connectivity index (χ0) is 12.5. The molecule has 2 rings (SSSR count). The molecule has 0 aromatic carbocycles. The van der Waals surface area contributed by atoms with Gasteiger partial charge in [0.15, 0.2) is 0 Å². The Balaban J connectivity index is 2.08. The van der Waals surface area contributed by atoms with Gasteiger partial charge in [0.2, 0.25) is 0 Å². The van der Waals surface area contributed by atoms with Gasteiger partial charge < -0.3 is 5.32 Å². The number of nitrogens with zero attached hydrogens (tertiary/aromatic N) is 1. The molecule has 1 aliphatic heterocycles. The first-order valence-electron chi connectivity index (χ1n) is 6.33. The fourth-order valence-corrected chi connectivity index (χ4v) is 3.37. The van der Waals surface area contributed by atoms with Crippen LogP contribution in [0.4, 0.5) is 4.79 Å². The summed E-state index contributed by atoms with van der Waals surface area (Å²) in [5.41, 5.74) is -0.554. The van der Waals surface area contributed by atoms with Crippen molar-refractivity contribution >= 4 is 27.9 Å². The van der Waals surface area contributed by atoms with Gasteiger partial charge in [0.1, 0.15) is 5.54 Å². The molecule has 4 nitrogen and oxygen atoms in total. The first kappa shape index (κ1) is 12.9. The van der Waals surface area contributed by atoms with E-state index < -0.39 is 5.54 Å². The minimum absolute atomic E-state index is 0.000556. The number of hydrogen-bond donors (Lipinski definition) is 1. The fourth-order valence-electron chi connectivity index (χ4n) is 2.70. The van der Waals surface area contributed by atoms with Crippen LogP contribution in [0.5, 0.6) is 0 Å². The Kier molecular flexibility index (Phi) is 3.76. The van der Waals surface area contributed by atoms with Crippen molar-refractivity contribution in [3.8, 4) is 0 Å². The van der Waals surface area contributed by atoms with E-state index in [1.165, 1.54) is 4.90 Å². The topological polar surface area (TPSA) is 49.4 Å². The molecule has 1 heterocycles. The van der Waals surface area contributed by atoms with Crippen LogP contribution in [0.3, 0.4) is 0 Å². The van der Waals surface area contributed by atoms with Gasteiger partial charge in [-0.3, -0.25) is 9.69 Å². The van der Waals surface area contributed by atoms with E-state index in [1.54, 1.807) is 0 Å². The largest absolute Gasteiger partial charge is 0.325 e. The Bertz CT molecular complexity index is 322. The molecule has 5 heteroatoms. The minimum Gasteiger partial charge on any atom is -0.323 e. The summed E-state index contributed by atoms with van der Waals surface area (Å²) in [7, 11) is 0. The van der Waals surface area contributed by atoms with Gasteiger partial charge in [-0.1, -0.05) is 42.1 Å². The number of amides is 3. The number of urea groups is 1. The molecule has 0 aromatic heterocycles. The standard InChI is InChI=1S/C12H19BrN2O2/c1-2-9(7-13)8-15-10(16)12(14-11(15)17)5-3-4-6-12/h9H,2-8H2,1H3,(H,14,17). The maximum Gasteiger partial charge on any atom is 0.325 e. The second kappa shape index (κ2) is 4.96. The number of rotatable bonds is 4. The third-order valence-corrected chi connectivity index (χ3v) is 4.86. The van der Waals surface area contributed by atoms with Crippen LogP contribution >= 0.6 is 15.9 Å². The van der Waals surface area contributed by atoms with E-state index in [0.29, 0.717) is 12.5 Å². The summed E-state index contributed by atoms with van der Waals surface area (Å²) < 4.78 is 0. The molecule has 2 fully saturated rings. The number of hydrogen-bond acceptors (Lipinski definition) is 2. The summed E-state index contributed by atoms with van der Waals surface area (Å²) in [5.74, 6) is 0.348. The van der Waals surface area contributed by atoms with Gasteiger partial charge in [-0.05, 0) is 18.8 Å². The van der Waals surface area contributed by atoms with E-state index >= 15 is 0 Å². The van der Waals surface area contributed by atoms with Gasteiger partial charge in [0.25, 0.3) is 5.91 Å². The summed E-state index contributed by atoms with van der Waals surface area (Å²) >= 11 is 3.43. The van der Waals surface area contributed by atoms with Crippen molar-refractivity contribution in [2.75, 3.05) is 11.9 Å². The number of alkyl halides is 1. The number of halogens is 1. The molecule has 96 valence electrons. The quantitative estimate of drug-likeness (QED) is 0.640. The molecule has 1 N–H and O–H groups in total. The van der Waals surface area contributed by atoms with Crippen LogP contribution in [0.15, 0.2) is 0 Å². The van der Waals surface area contributed by atoms with Crippen LogP contribution in [0, 0.1) is 5.92 Å². The van der Waals surface area contributed by atoms with Crippen LogP contribution in [0.25, 0.3) is 0 Å². The molecule has 0 aromatic rings. The molecule has 1 saturated heterocycles. The summed E-state index contributed by atoms with van der Waals surface area (Å²) in [5, 5.41) is 3.73. The summed E-state index contributed by atoms with van der Waals surface area (Å²) in [6.07, 6.45) is 4.65. The summed E-state index contributed by atoms with van der Waals surface area (Å²) in [4.78, 5) is 25.6. The first-order chi connectivity index (χ1) is 8.13. The van der Waals surface area contributed by atoms with Crippen LogP contribution in [-0.2, 0) is 4.79 Å². The van der Waals surface area contributed by atoms with Gasteiger partial charge in [0, 0.05) is 11.9 Å². The molecule has 0 bridgehead atoms. The van der Waals surface area contributed by atoms with E-state index in [9.17, 15) is 9.59 Å². The van der Waals surface area contributed by atoms with Crippen LogP contribution in [-0.4, -0.2) is 34.3 Å². The van der Waals surface area contributed by atoms with E-state index in [-0.39, 0.29) is 11.9 Å². The second-order valence-corrected chi connectivity index (χ2v) is 5.71. The van der Waals surface area contributed by atoms with Crippen molar-refractivity contribution in [1.29, 1.82) is 0 Å². The highest BCUT2D eigenvalue weighted by molar-refractivity contribution is 9.09. The van der Waals surface area contributed by atoms with E-state index in [4.69, 9.17) is 0 Å². The molecule has 1 saturated carbocycles. The lowest BCUT2D eigenvalue weighted by Gasteiger charge is -2.22. The highest BCUT2D eigenvalue weighted by Gasteiger charge is 2.52. The maximum absolute atomic E-state index is 12.3. The lowest BCUT2D eigenvalue weighted by molar-refractivity contribution is -0.131.